The van der Waals surface area contributed by atoms with Gasteiger partial charge in [-0.25, -0.2) is 4.79 Å². The first-order chi connectivity index (χ1) is 20.7. The maximum Gasteiger partial charge on any atom is 0.338 e. The first kappa shape index (κ1) is 28.7. The number of ether oxygens (including phenoxy) is 4. The van der Waals surface area contributed by atoms with E-state index in [4.69, 9.17) is 18.9 Å². The summed E-state index contributed by atoms with van der Waals surface area (Å²) in [4.78, 5) is 12.6. The van der Waals surface area contributed by atoms with Gasteiger partial charge in [-0.15, -0.1) is 0 Å². The van der Waals surface area contributed by atoms with Crippen LogP contribution in [0, 0.1) is 0 Å². The molecule has 0 saturated heterocycles. The number of rotatable bonds is 14. The van der Waals surface area contributed by atoms with Crippen LogP contribution < -0.4 is 9.47 Å². The number of carbonyl (C=O) groups is 1. The SMILES string of the molecule is O=C(OCCCOCc1ccccc1)c1ccc(-c2ccc(OCc3ccccc3)c(OCc3ccccc3)c2)cc1. The van der Waals surface area contributed by atoms with Crippen LogP contribution in [0.3, 0.4) is 0 Å². The maximum absolute atomic E-state index is 12.6. The average Bonchev–Trinajstić information content (AvgIpc) is 3.06. The van der Waals surface area contributed by atoms with Crippen LogP contribution in [0.4, 0.5) is 0 Å². The molecule has 0 fully saturated rings. The third kappa shape index (κ3) is 8.56. The quantitative estimate of drug-likeness (QED) is 0.101. The first-order valence-electron chi connectivity index (χ1n) is 14.1. The Morgan fingerprint density at radius 3 is 1.62 bits per heavy atom. The van der Waals surface area contributed by atoms with E-state index >= 15 is 0 Å². The van der Waals surface area contributed by atoms with Gasteiger partial charge in [0, 0.05) is 6.42 Å². The van der Waals surface area contributed by atoms with Crippen molar-refractivity contribution in [1.82, 2.24) is 0 Å². The fourth-order valence-electron chi connectivity index (χ4n) is 4.36. The Balaban J connectivity index is 1.18. The van der Waals surface area contributed by atoms with Gasteiger partial charge >= 0.3 is 5.97 Å². The number of esters is 1. The number of benzene rings is 5. The molecule has 42 heavy (non-hydrogen) atoms. The molecule has 0 saturated carbocycles. The molecule has 0 aromatic heterocycles. The second kappa shape index (κ2) is 15.2. The lowest BCUT2D eigenvalue weighted by Crippen LogP contribution is -2.08. The van der Waals surface area contributed by atoms with E-state index < -0.39 is 0 Å². The largest absolute Gasteiger partial charge is 0.485 e. The highest BCUT2D eigenvalue weighted by molar-refractivity contribution is 5.90. The summed E-state index contributed by atoms with van der Waals surface area (Å²) in [6, 6.07) is 43.4. The molecule has 0 aliphatic heterocycles. The summed E-state index contributed by atoms with van der Waals surface area (Å²) in [6.07, 6.45) is 0.640. The van der Waals surface area contributed by atoms with Crippen molar-refractivity contribution in [1.29, 1.82) is 0 Å². The topological polar surface area (TPSA) is 54.0 Å². The zero-order valence-corrected chi connectivity index (χ0v) is 23.5. The van der Waals surface area contributed by atoms with Gasteiger partial charge in [0.1, 0.15) is 13.2 Å². The molecule has 0 aliphatic carbocycles. The lowest BCUT2D eigenvalue weighted by Gasteiger charge is -2.15. The van der Waals surface area contributed by atoms with E-state index in [2.05, 4.69) is 0 Å². The second-order valence-corrected chi connectivity index (χ2v) is 9.82. The van der Waals surface area contributed by atoms with Crippen molar-refractivity contribution >= 4 is 5.97 Å². The fraction of sp³-hybridized carbons (Fsp3) is 0.162. The molecule has 0 unspecified atom stereocenters. The molecule has 0 heterocycles. The zero-order valence-electron chi connectivity index (χ0n) is 23.5. The van der Waals surface area contributed by atoms with Gasteiger partial charge in [-0.3, -0.25) is 0 Å². The van der Waals surface area contributed by atoms with Crippen molar-refractivity contribution in [3.8, 4) is 22.6 Å². The molecule has 0 N–H and O–H groups in total. The van der Waals surface area contributed by atoms with Gasteiger partial charge in [0.25, 0.3) is 0 Å². The third-order valence-corrected chi connectivity index (χ3v) is 6.65. The summed E-state index contributed by atoms with van der Waals surface area (Å²) in [5.74, 6) is 0.984. The van der Waals surface area contributed by atoms with Crippen LogP contribution in [-0.2, 0) is 29.3 Å². The van der Waals surface area contributed by atoms with E-state index in [1.54, 1.807) is 12.1 Å². The van der Waals surface area contributed by atoms with Crippen molar-refractivity contribution in [3.05, 3.63) is 156 Å². The normalized spacial score (nSPS) is 10.7. The molecule has 0 atom stereocenters. The third-order valence-electron chi connectivity index (χ3n) is 6.65. The molecule has 0 radical (unpaired) electrons. The molecular weight excluding hydrogens is 524 g/mol. The van der Waals surface area contributed by atoms with E-state index in [9.17, 15) is 4.79 Å². The summed E-state index contributed by atoms with van der Waals surface area (Å²) in [5, 5.41) is 0. The smallest absolute Gasteiger partial charge is 0.338 e. The Bertz CT molecular complexity index is 1520. The Morgan fingerprint density at radius 1 is 0.500 bits per heavy atom. The summed E-state index contributed by atoms with van der Waals surface area (Å²) in [6.45, 7) is 2.25. The average molecular weight is 559 g/mol. The predicted octanol–water partition coefficient (Wildman–Crippen LogP) is 8.28. The van der Waals surface area contributed by atoms with Crippen molar-refractivity contribution in [3.63, 3.8) is 0 Å². The summed E-state index contributed by atoms with van der Waals surface area (Å²) in [5.41, 5.74) is 5.70. The van der Waals surface area contributed by atoms with Gasteiger partial charge in [-0.2, -0.15) is 0 Å². The molecule has 212 valence electrons. The minimum Gasteiger partial charge on any atom is -0.485 e. The molecule has 0 spiro atoms. The Kier molecular flexibility index (Phi) is 10.4. The molecule has 5 heteroatoms. The number of hydrogen-bond donors (Lipinski definition) is 0. The standard InChI is InChI=1S/C37H34O5/c38-37(40-24-10-23-39-26-29-11-4-1-5-12-29)33-19-17-32(18-20-33)34-21-22-35(41-27-30-13-6-2-7-14-30)36(25-34)42-28-31-15-8-3-9-16-31/h1-9,11-22,25H,10,23-24,26-28H2. The van der Waals surface area contributed by atoms with Crippen molar-refractivity contribution in [2.45, 2.75) is 26.2 Å². The molecule has 5 aromatic rings. The lowest BCUT2D eigenvalue weighted by molar-refractivity contribution is 0.0434. The van der Waals surface area contributed by atoms with E-state index in [-0.39, 0.29) is 5.97 Å². The van der Waals surface area contributed by atoms with Crippen LogP contribution in [0.25, 0.3) is 11.1 Å². The molecule has 0 bridgehead atoms. The second-order valence-electron chi connectivity index (χ2n) is 9.82. The monoisotopic (exact) mass is 558 g/mol. The van der Waals surface area contributed by atoms with E-state index in [0.29, 0.717) is 56.5 Å². The van der Waals surface area contributed by atoms with Gasteiger partial charge < -0.3 is 18.9 Å². The van der Waals surface area contributed by atoms with E-state index in [1.807, 2.05) is 121 Å². The highest BCUT2D eigenvalue weighted by Gasteiger charge is 2.12. The van der Waals surface area contributed by atoms with Gasteiger partial charge in [-0.1, -0.05) is 109 Å². The molecule has 0 aliphatic rings. The van der Waals surface area contributed by atoms with Crippen LogP contribution in [0.2, 0.25) is 0 Å². The van der Waals surface area contributed by atoms with Crippen LogP contribution in [0.5, 0.6) is 11.5 Å². The van der Waals surface area contributed by atoms with Gasteiger partial charge in [0.05, 0.1) is 25.4 Å². The van der Waals surface area contributed by atoms with Crippen LogP contribution in [0.1, 0.15) is 33.5 Å². The minimum atomic E-state index is -0.346. The van der Waals surface area contributed by atoms with Crippen molar-refractivity contribution in [2.24, 2.45) is 0 Å². The molecule has 5 rings (SSSR count). The van der Waals surface area contributed by atoms with Crippen LogP contribution in [-0.4, -0.2) is 19.2 Å². The Morgan fingerprint density at radius 2 is 1.02 bits per heavy atom. The van der Waals surface area contributed by atoms with E-state index in [0.717, 1.165) is 27.8 Å². The number of carbonyl (C=O) groups excluding carboxylic acids is 1. The Labute approximate surface area is 247 Å². The minimum absolute atomic E-state index is 0.307. The van der Waals surface area contributed by atoms with Crippen molar-refractivity contribution < 1.29 is 23.7 Å². The molecular formula is C37H34O5. The van der Waals surface area contributed by atoms with Gasteiger partial charge in [-0.05, 0) is 52.1 Å². The number of hydrogen-bond acceptors (Lipinski definition) is 5. The van der Waals surface area contributed by atoms with Crippen LogP contribution >= 0.6 is 0 Å². The zero-order chi connectivity index (χ0) is 28.8. The lowest BCUT2D eigenvalue weighted by atomic mass is 10.0. The summed E-state index contributed by atoms with van der Waals surface area (Å²) >= 11 is 0. The Hall–Kier alpha value is -4.87. The molecule has 0 amide bonds. The van der Waals surface area contributed by atoms with Gasteiger partial charge in [0.2, 0.25) is 0 Å². The highest BCUT2D eigenvalue weighted by atomic mass is 16.5. The van der Waals surface area contributed by atoms with Crippen molar-refractivity contribution in [2.75, 3.05) is 13.2 Å². The summed E-state index contributed by atoms with van der Waals surface area (Å²) < 4.78 is 23.5. The predicted molar refractivity (Wildman–Crippen MR) is 164 cm³/mol. The van der Waals surface area contributed by atoms with E-state index in [1.165, 1.54) is 0 Å². The first-order valence-corrected chi connectivity index (χ1v) is 14.1. The van der Waals surface area contributed by atoms with Crippen LogP contribution in [0.15, 0.2) is 133 Å². The fourth-order valence-corrected chi connectivity index (χ4v) is 4.36. The maximum atomic E-state index is 12.6. The molecule has 5 nitrogen and oxygen atoms in total. The van der Waals surface area contributed by atoms with Gasteiger partial charge in [0.15, 0.2) is 11.5 Å². The molecule has 5 aromatic carbocycles. The highest BCUT2D eigenvalue weighted by Crippen LogP contribution is 2.34. The summed E-state index contributed by atoms with van der Waals surface area (Å²) in [7, 11) is 0.